The third-order valence-electron chi connectivity index (χ3n) is 6.15. The van der Waals surface area contributed by atoms with Crippen molar-refractivity contribution in [3.05, 3.63) is 71.6 Å². The fourth-order valence-electron chi connectivity index (χ4n) is 4.40. The van der Waals surface area contributed by atoms with E-state index in [4.69, 9.17) is 13.9 Å². The second-order valence-electron chi connectivity index (χ2n) is 8.18. The van der Waals surface area contributed by atoms with Crippen LogP contribution in [0.15, 0.2) is 59.0 Å². The molecule has 0 bridgehead atoms. The van der Waals surface area contributed by atoms with Gasteiger partial charge in [0, 0.05) is 5.56 Å². The zero-order valence-electron chi connectivity index (χ0n) is 18.2. The fraction of sp³-hybridized carbons (Fsp3) is 0.385. The summed E-state index contributed by atoms with van der Waals surface area (Å²) in [6.07, 6.45) is 5.08. The quantitative estimate of drug-likeness (QED) is 0.435. The predicted octanol–water partition coefficient (Wildman–Crippen LogP) is 5.75. The number of methoxy groups -OCH3 is 1. The molecule has 0 saturated heterocycles. The maximum absolute atomic E-state index is 12.0. The van der Waals surface area contributed by atoms with Crippen molar-refractivity contribution in [3.63, 3.8) is 0 Å². The molecule has 1 aliphatic rings. The van der Waals surface area contributed by atoms with Crippen LogP contribution in [-0.4, -0.2) is 18.1 Å². The lowest BCUT2D eigenvalue weighted by atomic mass is 9.90. The molecule has 0 spiro atoms. The van der Waals surface area contributed by atoms with Crippen LogP contribution in [0.4, 0.5) is 0 Å². The van der Waals surface area contributed by atoms with E-state index in [0.29, 0.717) is 18.4 Å². The van der Waals surface area contributed by atoms with Crippen LogP contribution >= 0.6 is 0 Å². The third-order valence-corrected chi connectivity index (χ3v) is 6.15. The number of carbonyl (C=O) groups excluding carboxylic acids is 1. The first-order valence-corrected chi connectivity index (χ1v) is 11.0. The molecule has 3 aromatic rings. The molecule has 1 heterocycles. The van der Waals surface area contributed by atoms with Gasteiger partial charge in [0.25, 0.3) is 0 Å². The Labute approximate surface area is 183 Å². The minimum Gasteiger partial charge on any atom is -0.487 e. The van der Waals surface area contributed by atoms with Crippen molar-refractivity contribution in [2.24, 2.45) is 11.8 Å². The Kier molecular flexibility index (Phi) is 6.70. The summed E-state index contributed by atoms with van der Waals surface area (Å²) in [6.45, 7) is 2.27. The van der Waals surface area contributed by atoms with Gasteiger partial charge in [-0.1, -0.05) is 36.8 Å². The minimum atomic E-state index is -0.0579. The van der Waals surface area contributed by atoms with Gasteiger partial charge in [-0.2, -0.15) is 0 Å². The van der Waals surface area contributed by atoms with E-state index in [-0.39, 0.29) is 11.9 Å². The van der Waals surface area contributed by atoms with Crippen LogP contribution in [0.5, 0.6) is 5.75 Å². The Morgan fingerprint density at radius 3 is 2.77 bits per heavy atom. The Balaban J connectivity index is 1.35. The molecule has 0 amide bonds. The highest BCUT2D eigenvalue weighted by Gasteiger charge is 2.33. The van der Waals surface area contributed by atoms with Gasteiger partial charge in [0.1, 0.15) is 23.8 Å². The number of rotatable bonds is 8. The van der Waals surface area contributed by atoms with Crippen molar-refractivity contribution in [2.45, 2.75) is 45.6 Å². The molecule has 0 unspecified atom stereocenters. The maximum Gasteiger partial charge on any atom is 0.308 e. The molecular weight excluding hydrogens is 390 g/mol. The van der Waals surface area contributed by atoms with Crippen LogP contribution < -0.4 is 4.74 Å². The predicted molar refractivity (Wildman–Crippen MR) is 119 cm³/mol. The molecule has 2 atom stereocenters. The van der Waals surface area contributed by atoms with E-state index < -0.39 is 0 Å². The number of carbonyl (C=O) groups is 1. The van der Waals surface area contributed by atoms with Gasteiger partial charge in [-0.05, 0) is 68.4 Å². The molecule has 4 rings (SSSR count). The van der Waals surface area contributed by atoms with Gasteiger partial charge in [-0.25, -0.2) is 4.98 Å². The maximum atomic E-state index is 12.0. The number of aromatic nitrogens is 1. The van der Waals surface area contributed by atoms with Crippen molar-refractivity contribution in [1.29, 1.82) is 0 Å². The summed E-state index contributed by atoms with van der Waals surface area (Å²) in [4.78, 5) is 16.6. The Morgan fingerprint density at radius 1 is 1.13 bits per heavy atom. The van der Waals surface area contributed by atoms with Crippen LogP contribution in [0.1, 0.15) is 42.7 Å². The highest BCUT2D eigenvalue weighted by molar-refractivity contribution is 5.72. The molecule has 31 heavy (non-hydrogen) atoms. The summed E-state index contributed by atoms with van der Waals surface area (Å²) in [7, 11) is 1.48. The standard InChI is InChI=1S/C26H29NO4/c1-18-24(27-25(31-18)21-9-4-3-5-10-21)17-30-22-12-6-8-19(16-22)14-15-20-11-7-13-23(20)26(28)29-2/h3-6,8-10,12,16,20,23H,7,11,13-15,17H2,1-2H3/t20-,23-/m0/s1. The average molecular weight is 420 g/mol. The summed E-state index contributed by atoms with van der Waals surface area (Å²) in [5.41, 5.74) is 2.97. The minimum absolute atomic E-state index is 0.0541. The molecule has 1 aliphatic carbocycles. The van der Waals surface area contributed by atoms with Gasteiger partial charge >= 0.3 is 5.97 Å². The number of hydrogen-bond acceptors (Lipinski definition) is 5. The molecule has 0 N–H and O–H groups in total. The molecule has 162 valence electrons. The zero-order chi connectivity index (χ0) is 21.6. The number of nitrogens with zero attached hydrogens (tertiary/aromatic N) is 1. The van der Waals surface area contributed by atoms with E-state index in [1.807, 2.05) is 49.4 Å². The van der Waals surface area contributed by atoms with E-state index in [1.54, 1.807) is 0 Å². The van der Waals surface area contributed by atoms with Crippen LogP contribution in [0.2, 0.25) is 0 Å². The van der Waals surface area contributed by atoms with E-state index >= 15 is 0 Å². The number of hydrogen-bond donors (Lipinski definition) is 0. The molecule has 2 aromatic carbocycles. The topological polar surface area (TPSA) is 61.6 Å². The molecule has 1 aromatic heterocycles. The number of benzene rings is 2. The number of aryl methyl sites for hydroxylation is 2. The van der Waals surface area contributed by atoms with Crippen LogP contribution in [0, 0.1) is 18.8 Å². The van der Waals surface area contributed by atoms with E-state index in [1.165, 1.54) is 12.7 Å². The van der Waals surface area contributed by atoms with Crippen LogP contribution in [0.3, 0.4) is 0 Å². The Bertz CT molecular complexity index is 1010. The monoisotopic (exact) mass is 419 g/mol. The smallest absolute Gasteiger partial charge is 0.308 e. The Hall–Kier alpha value is -3.08. The van der Waals surface area contributed by atoms with Crippen molar-refractivity contribution < 1.29 is 18.7 Å². The lowest BCUT2D eigenvalue weighted by Gasteiger charge is -2.17. The van der Waals surface area contributed by atoms with E-state index in [2.05, 4.69) is 17.1 Å². The van der Waals surface area contributed by atoms with Gasteiger partial charge in [0.15, 0.2) is 0 Å². The van der Waals surface area contributed by atoms with E-state index in [0.717, 1.165) is 54.9 Å². The summed E-state index contributed by atoms with van der Waals surface area (Å²) in [5.74, 6) is 2.60. The van der Waals surface area contributed by atoms with Crippen molar-refractivity contribution >= 4 is 5.97 Å². The average Bonchev–Trinajstić information content (AvgIpc) is 3.43. The molecule has 1 fully saturated rings. The van der Waals surface area contributed by atoms with Crippen LogP contribution in [0.25, 0.3) is 11.5 Å². The molecular formula is C26H29NO4. The SMILES string of the molecule is COC(=O)[C@H]1CCC[C@H]1CCc1cccc(OCc2nc(-c3ccccc3)oc2C)c1. The van der Waals surface area contributed by atoms with Crippen molar-refractivity contribution in [2.75, 3.05) is 7.11 Å². The number of esters is 1. The van der Waals surface area contributed by atoms with Crippen LogP contribution in [-0.2, 0) is 22.6 Å². The molecule has 0 aliphatic heterocycles. The van der Waals surface area contributed by atoms with Gasteiger partial charge in [0.05, 0.1) is 13.0 Å². The first-order valence-electron chi connectivity index (χ1n) is 11.0. The number of ether oxygens (including phenoxy) is 2. The highest BCUT2D eigenvalue weighted by Crippen LogP contribution is 2.36. The van der Waals surface area contributed by atoms with Gasteiger partial charge in [-0.3, -0.25) is 4.79 Å². The zero-order valence-corrected chi connectivity index (χ0v) is 18.2. The molecule has 0 radical (unpaired) electrons. The fourth-order valence-corrected chi connectivity index (χ4v) is 4.40. The lowest BCUT2D eigenvalue weighted by molar-refractivity contribution is -0.146. The lowest BCUT2D eigenvalue weighted by Crippen LogP contribution is -2.20. The first kappa shape index (κ1) is 21.2. The van der Waals surface area contributed by atoms with Gasteiger partial charge in [0.2, 0.25) is 5.89 Å². The molecule has 5 nitrogen and oxygen atoms in total. The highest BCUT2D eigenvalue weighted by atomic mass is 16.5. The van der Waals surface area contributed by atoms with Crippen molar-refractivity contribution in [3.8, 4) is 17.2 Å². The molecule has 1 saturated carbocycles. The van der Waals surface area contributed by atoms with E-state index in [9.17, 15) is 4.79 Å². The third kappa shape index (κ3) is 5.16. The normalized spacial score (nSPS) is 18.1. The summed E-state index contributed by atoms with van der Waals surface area (Å²) >= 11 is 0. The molecule has 5 heteroatoms. The second-order valence-corrected chi connectivity index (χ2v) is 8.18. The van der Waals surface area contributed by atoms with Gasteiger partial charge < -0.3 is 13.9 Å². The number of oxazole rings is 1. The summed E-state index contributed by atoms with van der Waals surface area (Å²) in [6, 6.07) is 18.0. The summed E-state index contributed by atoms with van der Waals surface area (Å²) in [5, 5.41) is 0. The Morgan fingerprint density at radius 2 is 1.97 bits per heavy atom. The van der Waals surface area contributed by atoms with Gasteiger partial charge in [-0.15, -0.1) is 0 Å². The first-order chi connectivity index (χ1) is 15.1. The second kappa shape index (κ2) is 9.82. The summed E-state index contributed by atoms with van der Waals surface area (Å²) < 4.78 is 16.8. The largest absolute Gasteiger partial charge is 0.487 e. The van der Waals surface area contributed by atoms with Crippen molar-refractivity contribution in [1.82, 2.24) is 4.98 Å².